The number of aromatic hydroxyl groups is 1. The van der Waals surface area contributed by atoms with Crippen molar-refractivity contribution < 1.29 is 39.6 Å². The van der Waals surface area contributed by atoms with E-state index in [1.54, 1.807) is 39.2 Å². The van der Waals surface area contributed by atoms with Crippen molar-refractivity contribution in [3.05, 3.63) is 34.1 Å². The molecule has 1 aromatic rings. The number of phenols is 1. The van der Waals surface area contributed by atoms with E-state index in [-0.39, 0.29) is 47.3 Å². The summed E-state index contributed by atoms with van der Waals surface area (Å²) in [5, 5.41) is 48.9. The summed E-state index contributed by atoms with van der Waals surface area (Å²) in [6.45, 7) is 12.0. The second kappa shape index (κ2) is 11.4. The van der Waals surface area contributed by atoms with E-state index in [1.807, 2.05) is 46.4 Å². The van der Waals surface area contributed by atoms with Crippen LogP contribution in [0.15, 0.2) is 23.0 Å². The second-order valence-electron chi connectivity index (χ2n) is 15.0. The Morgan fingerprint density at radius 3 is 2.07 bits per heavy atom. The summed E-state index contributed by atoms with van der Waals surface area (Å²) in [6, 6.07) is 0.433. The summed E-state index contributed by atoms with van der Waals surface area (Å²) in [6.07, 6.45) is 0.110. The Morgan fingerprint density at radius 1 is 1.02 bits per heavy atom. The topological polar surface area (TPSA) is 197 Å². The van der Waals surface area contributed by atoms with Crippen LogP contribution in [0.2, 0.25) is 0 Å². The number of carbonyl (C=O) groups excluding carboxylic acids is 4. The van der Waals surface area contributed by atoms with Crippen molar-refractivity contribution in [1.29, 1.82) is 0 Å². The number of anilines is 2. The number of nitrogens with one attached hydrogen (secondary N) is 1. The first kappa shape index (κ1) is 34.9. The summed E-state index contributed by atoms with van der Waals surface area (Å²) < 4.78 is 0. The van der Waals surface area contributed by atoms with Gasteiger partial charge < -0.3 is 36.4 Å². The van der Waals surface area contributed by atoms with Crippen LogP contribution in [0.25, 0.3) is 5.76 Å². The molecule has 0 aliphatic heterocycles. The highest BCUT2D eigenvalue weighted by Crippen LogP contribution is 2.54. The maximum absolute atomic E-state index is 14.2. The molecule has 2 amide bonds. The van der Waals surface area contributed by atoms with Gasteiger partial charge in [0.15, 0.2) is 11.4 Å². The number of nitrogens with two attached hydrogens (primary N) is 1. The molecule has 0 aromatic heterocycles. The Labute approximate surface area is 269 Å². The minimum Gasteiger partial charge on any atom is -0.508 e. The number of ketones is 2. The first-order valence-corrected chi connectivity index (χ1v) is 15.2. The van der Waals surface area contributed by atoms with Crippen LogP contribution < -0.4 is 16.0 Å². The lowest BCUT2D eigenvalue weighted by molar-refractivity contribution is -0.153. The van der Waals surface area contributed by atoms with E-state index in [0.717, 1.165) is 0 Å². The van der Waals surface area contributed by atoms with Gasteiger partial charge in [-0.05, 0) is 86.0 Å². The Hall–Kier alpha value is -3.94. The number of amides is 2. The van der Waals surface area contributed by atoms with Gasteiger partial charge in [-0.1, -0.05) is 0 Å². The fraction of sp³-hybridized carbons (Fsp3) is 0.576. The zero-order valence-corrected chi connectivity index (χ0v) is 28.3. The number of likely N-dealkylation sites (N-methyl/N-ethyl adjacent to an activating group) is 1. The third kappa shape index (κ3) is 5.43. The highest BCUT2D eigenvalue weighted by atomic mass is 16.3. The molecule has 4 unspecified atom stereocenters. The number of hydrogen-bond acceptors (Lipinski definition) is 11. The van der Waals surface area contributed by atoms with Crippen LogP contribution in [-0.4, -0.2) is 111 Å². The molecule has 0 saturated heterocycles. The van der Waals surface area contributed by atoms with E-state index in [1.165, 1.54) is 4.90 Å². The summed E-state index contributed by atoms with van der Waals surface area (Å²) in [5.41, 5.74) is 1.79. The molecule has 0 bridgehead atoms. The largest absolute Gasteiger partial charge is 0.508 e. The van der Waals surface area contributed by atoms with E-state index in [4.69, 9.17) is 5.73 Å². The predicted octanol–water partition coefficient (Wildman–Crippen LogP) is 1.87. The number of rotatable bonds is 6. The molecule has 1 aromatic carbocycles. The number of Topliss-reactive ketones (excluding diaryl/α,β-unsaturated/α-hetero) is 2. The first-order valence-electron chi connectivity index (χ1n) is 15.2. The van der Waals surface area contributed by atoms with Gasteiger partial charge in [-0.25, -0.2) is 0 Å². The summed E-state index contributed by atoms with van der Waals surface area (Å²) in [7, 11) is 6.62. The fourth-order valence-corrected chi connectivity index (χ4v) is 7.60. The lowest BCUT2D eigenvalue weighted by atomic mass is 9.57. The Kier molecular flexibility index (Phi) is 8.65. The third-order valence-corrected chi connectivity index (χ3v) is 9.37. The number of hydrogen-bond donors (Lipinski definition) is 6. The van der Waals surface area contributed by atoms with Gasteiger partial charge in [0.05, 0.1) is 23.8 Å². The SMILES string of the molecule is CN(C)c1cc(NC(=O)CN(C(C)(C)C)C(C)(C)C)c(O)c2c1CC1CC3C(N(C)C)C(=O)C(C(N)=O)=C(O)C3(O)C(=O)C1=C2O. The summed E-state index contributed by atoms with van der Waals surface area (Å²) >= 11 is 0. The smallest absolute Gasteiger partial charge is 0.255 e. The molecule has 7 N–H and O–H groups in total. The number of fused-ring (bicyclic) bond motifs is 3. The van der Waals surface area contributed by atoms with E-state index in [0.29, 0.717) is 11.3 Å². The Bertz CT molecular complexity index is 1570. The van der Waals surface area contributed by atoms with Crippen LogP contribution in [0.4, 0.5) is 11.4 Å². The number of carbonyl (C=O) groups is 4. The van der Waals surface area contributed by atoms with E-state index in [2.05, 4.69) is 5.32 Å². The Morgan fingerprint density at radius 2 is 1.59 bits per heavy atom. The number of aliphatic hydroxyl groups excluding tert-OH is 2. The van der Waals surface area contributed by atoms with Crippen molar-refractivity contribution >= 4 is 40.5 Å². The van der Waals surface area contributed by atoms with Crippen molar-refractivity contribution in [2.24, 2.45) is 17.6 Å². The van der Waals surface area contributed by atoms with Gasteiger partial charge in [-0.3, -0.25) is 29.0 Å². The maximum atomic E-state index is 14.2. The fourth-order valence-electron chi connectivity index (χ4n) is 7.60. The van der Waals surface area contributed by atoms with Gasteiger partial charge >= 0.3 is 0 Å². The number of primary amides is 1. The zero-order chi connectivity index (χ0) is 35.0. The molecular formula is C33H47N5O8. The second-order valence-corrected chi connectivity index (χ2v) is 15.0. The average molecular weight is 642 g/mol. The first-order chi connectivity index (χ1) is 21.0. The van der Waals surface area contributed by atoms with Gasteiger partial charge in [-0.2, -0.15) is 0 Å². The molecule has 252 valence electrons. The van der Waals surface area contributed by atoms with Crippen molar-refractivity contribution in [3.63, 3.8) is 0 Å². The molecule has 0 radical (unpaired) electrons. The van der Waals surface area contributed by atoms with Gasteiger partial charge in [0.2, 0.25) is 11.7 Å². The number of aliphatic hydroxyl groups is 3. The Balaban J connectivity index is 1.87. The zero-order valence-electron chi connectivity index (χ0n) is 28.3. The normalized spacial score (nSPS) is 25.0. The third-order valence-electron chi connectivity index (χ3n) is 9.37. The quantitative estimate of drug-likeness (QED) is 0.196. The molecule has 4 atom stereocenters. The average Bonchev–Trinajstić information content (AvgIpc) is 2.89. The van der Waals surface area contributed by atoms with Crippen molar-refractivity contribution in [2.75, 3.05) is 45.0 Å². The predicted molar refractivity (Wildman–Crippen MR) is 173 cm³/mol. The highest BCUT2D eigenvalue weighted by Gasteiger charge is 2.64. The van der Waals surface area contributed by atoms with Crippen LogP contribution >= 0.6 is 0 Å². The number of phenolic OH excluding ortho intramolecular Hbond substituents is 1. The molecule has 1 fully saturated rings. The maximum Gasteiger partial charge on any atom is 0.255 e. The molecule has 4 rings (SSSR count). The minimum absolute atomic E-state index is 0.00242. The summed E-state index contributed by atoms with van der Waals surface area (Å²) in [4.78, 5) is 58.3. The van der Waals surface area contributed by atoms with E-state index < -0.39 is 69.7 Å². The van der Waals surface area contributed by atoms with Gasteiger partial charge in [0.25, 0.3) is 5.91 Å². The molecule has 3 aliphatic carbocycles. The molecule has 13 heteroatoms. The van der Waals surface area contributed by atoms with E-state index >= 15 is 0 Å². The lowest BCUT2D eigenvalue weighted by Gasteiger charge is -2.50. The van der Waals surface area contributed by atoms with Gasteiger partial charge in [0.1, 0.15) is 22.8 Å². The van der Waals surface area contributed by atoms with Crippen LogP contribution in [0.1, 0.15) is 59.1 Å². The molecule has 13 nitrogen and oxygen atoms in total. The van der Waals surface area contributed by atoms with Crippen LogP contribution in [0.3, 0.4) is 0 Å². The molecule has 0 heterocycles. The molecule has 1 saturated carbocycles. The van der Waals surface area contributed by atoms with Gasteiger partial charge in [0, 0.05) is 42.4 Å². The molecule has 0 spiro atoms. The van der Waals surface area contributed by atoms with Crippen LogP contribution in [-0.2, 0) is 25.6 Å². The van der Waals surface area contributed by atoms with Crippen LogP contribution in [0, 0.1) is 11.8 Å². The van der Waals surface area contributed by atoms with Crippen molar-refractivity contribution in [1.82, 2.24) is 9.80 Å². The molecule has 46 heavy (non-hydrogen) atoms. The van der Waals surface area contributed by atoms with Gasteiger partial charge in [-0.15, -0.1) is 0 Å². The highest BCUT2D eigenvalue weighted by molar-refractivity contribution is 6.24. The number of benzene rings is 1. The summed E-state index contributed by atoms with van der Waals surface area (Å²) in [5.74, 6) is -7.75. The lowest BCUT2D eigenvalue weighted by Crippen LogP contribution is -2.65. The standard InChI is InChI=1S/C33H47N5O8/c1-31(2,3)38(32(4,5)6)14-20(39)35-18-13-19(36(7)8)16-11-15-12-17-24(37(9)10)27(42)23(30(34)45)29(44)33(17,46)28(43)21(15)26(41)22(16)25(18)40/h13,15,17,24,40-41,44,46H,11-12,14H2,1-10H3,(H2,34,45)(H,35,39). The monoisotopic (exact) mass is 641 g/mol. The van der Waals surface area contributed by atoms with Crippen molar-refractivity contribution in [2.45, 2.75) is 77.1 Å². The molecular weight excluding hydrogens is 594 g/mol. The van der Waals surface area contributed by atoms with Crippen LogP contribution in [0.5, 0.6) is 5.75 Å². The van der Waals surface area contributed by atoms with E-state index in [9.17, 15) is 39.6 Å². The molecule has 3 aliphatic rings. The minimum atomic E-state index is -2.74. The van der Waals surface area contributed by atoms with Crippen molar-refractivity contribution in [3.8, 4) is 5.75 Å². The number of nitrogens with zero attached hydrogens (tertiary/aromatic N) is 3.